The number of para-hydroxylation sites is 2. The van der Waals surface area contributed by atoms with Gasteiger partial charge in [-0.15, -0.1) is 0 Å². The molecule has 0 aliphatic carbocycles. The molecule has 2 aromatic heterocycles. The Hall–Kier alpha value is -2.69. The van der Waals surface area contributed by atoms with Crippen LogP contribution in [0.3, 0.4) is 0 Å². The number of benzene rings is 1. The molecule has 5 heteroatoms. The zero-order valence-corrected chi connectivity index (χ0v) is 12.0. The van der Waals surface area contributed by atoms with E-state index in [1.54, 1.807) is 24.5 Å². The molecule has 22 heavy (non-hydrogen) atoms. The second kappa shape index (κ2) is 5.26. The Morgan fingerprint density at radius 3 is 2.82 bits per heavy atom. The Morgan fingerprint density at radius 1 is 1.18 bits per heavy atom. The van der Waals surface area contributed by atoms with Gasteiger partial charge in [0, 0.05) is 31.0 Å². The first-order valence-corrected chi connectivity index (χ1v) is 7.36. The Balaban J connectivity index is 1.53. The highest BCUT2D eigenvalue weighted by molar-refractivity contribution is 5.94. The molecule has 0 unspecified atom stereocenters. The molecule has 0 saturated carbocycles. The van der Waals surface area contributed by atoms with E-state index in [9.17, 15) is 4.79 Å². The third-order valence-corrected chi connectivity index (χ3v) is 4.06. The van der Waals surface area contributed by atoms with Crippen LogP contribution in [0.5, 0.6) is 0 Å². The number of hydrogen-bond donors (Lipinski definition) is 0. The molecule has 0 radical (unpaired) electrons. The molecule has 1 aliphatic heterocycles. The number of likely N-dealkylation sites (tertiary alicyclic amines) is 1. The predicted molar refractivity (Wildman–Crippen MR) is 81.5 cm³/mol. The van der Waals surface area contributed by atoms with Crippen molar-refractivity contribution in [2.24, 2.45) is 0 Å². The summed E-state index contributed by atoms with van der Waals surface area (Å²) in [4.78, 5) is 22.8. The molecule has 1 aromatic carbocycles. The van der Waals surface area contributed by atoms with E-state index >= 15 is 0 Å². The maximum Gasteiger partial charge on any atom is 0.253 e. The first kappa shape index (κ1) is 13.0. The first-order chi connectivity index (χ1) is 10.8. The number of hydrogen-bond acceptors (Lipinski definition) is 4. The molecular weight excluding hydrogens is 278 g/mol. The highest BCUT2D eigenvalue weighted by Crippen LogP contribution is 2.29. The van der Waals surface area contributed by atoms with Crippen LogP contribution in [0, 0.1) is 0 Å². The van der Waals surface area contributed by atoms with Crippen molar-refractivity contribution >= 4 is 17.0 Å². The van der Waals surface area contributed by atoms with Gasteiger partial charge in [-0.2, -0.15) is 0 Å². The molecule has 3 aromatic rings. The maximum atomic E-state index is 12.4. The van der Waals surface area contributed by atoms with Crippen molar-refractivity contribution in [3.63, 3.8) is 0 Å². The lowest BCUT2D eigenvalue weighted by Crippen LogP contribution is -2.28. The molecular formula is C17H15N3O2. The second-order valence-electron chi connectivity index (χ2n) is 5.49. The minimum absolute atomic E-state index is 0.0426. The summed E-state index contributed by atoms with van der Waals surface area (Å²) in [7, 11) is 0. The molecule has 1 amide bonds. The fourth-order valence-corrected chi connectivity index (χ4v) is 2.89. The Morgan fingerprint density at radius 2 is 2.00 bits per heavy atom. The predicted octanol–water partition coefficient (Wildman–Crippen LogP) is 2.85. The van der Waals surface area contributed by atoms with Gasteiger partial charge in [-0.05, 0) is 30.7 Å². The first-order valence-electron chi connectivity index (χ1n) is 7.36. The Kier molecular flexibility index (Phi) is 3.11. The summed E-state index contributed by atoms with van der Waals surface area (Å²) in [5.41, 5.74) is 2.35. The number of nitrogens with zero attached hydrogens (tertiary/aromatic N) is 3. The number of oxazole rings is 1. The van der Waals surface area contributed by atoms with Crippen LogP contribution in [0.4, 0.5) is 0 Å². The van der Waals surface area contributed by atoms with E-state index in [0.717, 1.165) is 30.0 Å². The number of fused-ring (bicyclic) bond motifs is 1. The van der Waals surface area contributed by atoms with Crippen LogP contribution in [0.25, 0.3) is 11.1 Å². The number of rotatable bonds is 2. The number of amides is 1. The molecule has 1 fully saturated rings. The quantitative estimate of drug-likeness (QED) is 0.729. The van der Waals surface area contributed by atoms with Crippen molar-refractivity contribution in [2.75, 3.05) is 13.1 Å². The van der Waals surface area contributed by atoms with E-state index in [1.807, 2.05) is 29.2 Å². The van der Waals surface area contributed by atoms with Gasteiger partial charge in [0.25, 0.3) is 5.91 Å². The van der Waals surface area contributed by atoms with Crippen LogP contribution in [0.2, 0.25) is 0 Å². The minimum Gasteiger partial charge on any atom is -0.440 e. The molecule has 110 valence electrons. The van der Waals surface area contributed by atoms with Crippen LogP contribution in [-0.4, -0.2) is 33.9 Å². The molecule has 4 rings (SSSR count). The summed E-state index contributed by atoms with van der Waals surface area (Å²) >= 11 is 0. The average molecular weight is 293 g/mol. The van der Waals surface area contributed by atoms with Crippen LogP contribution < -0.4 is 0 Å². The van der Waals surface area contributed by atoms with E-state index in [4.69, 9.17) is 4.42 Å². The van der Waals surface area contributed by atoms with E-state index in [0.29, 0.717) is 12.1 Å². The SMILES string of the molecule is O=C(c1ccncc1)N1CC[C@H](c2nc3ccccc3o2)C1. The lowest BCUT2D eigenvalue weighted by Gasteiger charge is -2.15. The zero-order valence-electron chi connectivity index (χ0n) is 12.0. The van der Waals surface area contributed by atoms with Crippen molar-refractivity contribution in [3.05, 3.63) is 60.2 Å². The van der Waals surface area contributed by atoms with Gasteiger partial charge >= 0.3 is 0 Å². The molecule has 0 bridgehead atoms. The highest BCUT2D eigenvalue weighted by atomic mass is 16.3. The van der Waals surface area contributed by atoms with Gasteiger partial charge in [-0.25, -0.2) is 4.98 Å². The summed E-state index contributed by atoms with van der Waals surface area (Å²) in [6.07, 6.45) is 4.16. The number of carbonyl (C=O) groups is 1. The fraction of sp³-hybridized carbons (Fsp3) is 0.235. The van der Waals surface area contributed by atoms with Gasteiger partial charge in [0.1, 0.15) is 5.52 Å². The van der Waals surface area contributed by atoms with Gasteiger partial charge in [-0.1, -0.05) is 12.1 Å². The van der Waals surface area contributed by atoms with Crippen LogP contribution in [0.15, 0.2) is 53.2 Å². The number of pyridine rings is 1. The normalized spacial score (nSPS) is 18.0. The van der Waals surface area contributed by atoms with Gasteiger partial charge in [-0.3, -0.25) is 9.78 Å². The van der Waals surface area contributed by atoms with Gasteiger partial charge in [0.2, 0.25) is 0 Å². The molecule has 3 heterocycles. The average Bonchev–Trinajstić information content (AvgIpc) is 3.21. The third-order valence-electron chi connectivity index (χ3n) is 4.06. The second-order valence-corrected chi connectivity index (χ2v) is 5.49. The Bertz CT molecular complexity index is 780. The molecule has 0 spiro atoms. The maximum absolute atomic E-state index is 12.4. The van der Waals surface area contributed by atoms with E-state index < -0.39 is 0 Å². The molecule has 1 saturated heterocycles. The van der Waals surface area contributed by atoms with Gasteiger partial charge in [0.05, 0.1) is 5.92 Å². The monoisotopic (exact) mass is 293 g/mol. The summed E-state index contributed by atoms with van der Waals surface area (Å²) in [6, 6.07) is 11.2. The fourth-order valence-electron chi connectivity index (χ4n) is 2.89. The standard InChI is InChI=1S/C17H15N3O2/c21-17(12-5-8-18-9-6-12)20-10-7-13(11-20)16-19-14-3-1-2-4-15(14)22-16/h1-6,8-9,13H,7,10-11H2/t13-/m0/s1. The molecule has 1 aliphatic rings. The summed E-state index contributed by atoms with van der Waals surface area (Å²) in [5.74, 6) is 0.936. The molecule has 0 N–H and O–H groups in total. The molecule has 1 atom stereocenters. The largest absolute Gasteiger partial charge is 0.440 e. The van der Waals surface area contributed by atoms with Crippen LogP contribution in [-0.2, 0) is 0 Å². The third kappa shape index (κ3) is 2.24. The van der Waals surface area contributed by atoms with Gasteiger partial charge in [0.15, 0.2) is 11.5 Å². The molecule has 5 nitrogen and oxygen atoms in total. The van der Waals surface area contributed by atoms with Crippen LogP contribution in [0.1, 0.15) is 28.6 Å². The minimum atomic E-state index is 0.0426. The van der Waals surface area contributed by atoms with Gasteiger partial charge < -0.3 is 9.32 Å². The van der Waals surface area contributed by atoms with E-state index in [-0.39, 0.29) is 11.8 Å². The van der Waals surface area contributed by atoms with Crippen molar-refractivity contribution in [2.45, 2.75) is 12.3 Å². The highest BCUT2D eigenvalue weighted by Gasteiger charge is 2.31. The smallest absolute Gasteiger partial charge is 0.253 e. The van der Waals surface area contributed by atoms with E-state index in [2.05, 4.69) is 9.97 Å². The van der Waals surface area contributed by atoms with Crippen molar-refractivity contribution in [1.29, 1.82) is 0 Å². The number of aromatic nitrogens is 2. The van der Waals surface area contributed by atoms with Crippen molar-refractivity contribution in [3.8, 4) is 0 Å². The van der Waals surface area contributed by atoms with Crippen molar-refractivity contribution in [1.82, 2.24) is 14.9 Å². The van der Waals surface area contributed by atoms with Crippen LogP contribution >= 0.6 is 0 Å². The topological polar surface area (TPSA) is 59.2 Å². The summed E-state index contributed by atoms with van der Waals surface area (Å²) in [6.45, 7) is 1.37. The number of carbonyl (C=O) groups excluding carboxylic acids is 1. The van der Waals surface area contributed by atoms with Crippen molar-refractivity contribution < 1.29 is 9.21 Å². The zero-order chi connectivity index (χ0) is 14.9. The Labute approximate surface area is 127 Å². The van der Waals surface area contributed by atoms with E-state index in [1.165, 1.54) is 0 Å². The lowest BCUT2D eigenvalue weighted by molar-refractivity contribution is 0.0790. The summed E-state index contributed by atoms with van der Waals surface area (Å²) in [5, 5.41) is 0. The summed E-state index contributed by atoms with van der Waals surface area (Å²) < 4.78 is 5.83. The lowest BCUT2D eigenvalue weighted by atomic mass is 10.1.